The van der Waals surface area contributed by atoms with Crippen molar-refractivity contribution in [3.8, 4) is 11.1 Å². The second-order valence-electron chi connectivity index (χ2n) is 3.45. The standard InChI is InChI=1S/C14H12F/c1-2-11-3-5-12(6-4-11)13-7-9-14(15)10-8-13/h3-10H,1-2H2. The van der Waals surface area contributed by atoms with Gasteiger partial charge in [-0.05, 0) is 42.2 Å². The highest BCUT2D eigenvalue weighted by Crippen LogP contribution is 2.20. The van der Waals surface area contributed by atoms with Crippen molar-refractivity contribution >= 4 is 0 Å². The normalized spacial score (nSPS) is 10.3. The van der Waals surface area contributed by atoms with Crippen molar-refractivity contribution in [3.05, 3.63) is 66.8 Å². The van der Waals surface area contributed by atoms with Gasteiger partial charge in [-0.25, -0.2) is 4.39 Å². The van der Waals surface area contributed by atoms with Gasteiger partial charge in [-0.2, -0.15) is 0 Å². The van der Waals surface area contributed by atoms with Gasteiger partial charge in [-0.1, -0.05) is 36.4 Å². The first-order valence-corrected chi connectivity index (χ1v) is 4.94. The van der Waals surface area contributed by atoms with E-state index in [2.05, 4.69) is 6.92 Å². The Bertz CT molecular complexity index is 426. The zero-order chi connectivity index (χ0) is 10.7. The van der Waals surface area contributed by atoms with E-state index in [-0.39, 0.29) is 5.82 Å². The fraction of sp³-hybridized carbons (Fsp3) is 0.0714. The van der Waals surface area contributed by atoms with Crippen LogP contribution in [-0.2, 0) is 6.42 Å². The highest BCUT2D eigenvalue weighted by Gasteiger charge is 1.97. The monoisotopic (exact) mass is 199 g/mol. The van der Waals surface area contributed by atoms with Crippen LogP contribution in [0.15, 0.2) is 48.5 Å². The van der Waals surface area contributed by atoms with Gasteiger partial charge in [0.1, 0.15) is 5.82 Å². The molecule has 2 rings (SSSR count). The lowest BCUT2D eigenvalue weighted by Gasteiger charge is -2.02. The van der Waals surface area contributed by atoms with Crippen molar-refractivity contribution in [2.24, 2.45) is 0 Å². The van der Waals surface area contributed by atoms with Crippen LogP contribution in [0.25, 0.3) is 11.1 Å². The maximum Gasteiger partial charge on any atom is 0.123 e. The molecule has 0 aromatic heterocycles. The first-order chi connectivity index (χ1) is 7.29. The van der Waals surface area contributed by atoms with Crippen molar-refractivity contribution in [3.63, 3.8) is 0 Å². The van der Waals surface area contributed by atoms with Crippen LogP contribution in [0, 0.1) is 12.7 Å². The van der Waals surface area contributed by atoms with Crippen LogP contribution in [0.3, 0.4) is 0 Å². The summed E-state index contributed by atoms with van der Waals surface area (Å²) < 4.78 is 12.7. The van der Waals surface area contributed by atoms with E-state index >= 15 is 0 Å². The summed E-state index contributed by atoms with van der Waals surface area (Å²) in [5, 5.41) is 0. The maximum absolute atomic E-state index is 12.7. The third-order valence-electron chi connectivity index (χ3n) is 2.42. The van der Waals surface area contributed by atoms with E-state index in [1.165, 1.54) is 17.7 Å². The lowest BCUT2D eigenvalue weighted by atomic mass is 10.0. The molecule has 2 aromatic rings. The average molecular weight is 199 g/mol. The molecule has 75 valence electrons. The van der Waals surface area contributed by atoms with Gasteiger partial charge < -0.3 is 0 Å². The van der Waals surface area contributed by atoms with Crippen molar-refractivity contribution in [2.75, 3.05) is 0 Å². The van der Waals surface area contributed by atoms with Gasteiger partial charge in [0.15, 0.2) is 0 Å². The molecular weight excluding hydrogens is 187 g/mol. The van der Waals surface area contributed by atoms with Crippen LogP contribution in [0.1, 0.15) is 5.56 Å². The highest BCUT2D eigenvalue weighted by atomic mass is 19.1. The Morgan fingerprint density at radius 1 is 0.800 bits per heavy atom. The zero-order valence-corrected chi connectivity index (χ0v) is 8.41. The minimum Gasteiger partial charge on any atom is -0.207 e. The van der Waals surface area contributed by atoms with E-state index in [0.29, 0.717) is 0 Å². The van der Waals surface area contributed by atoms with E-state index in [1.807, 2.05) is 24.3 Å². The third-order valence-corrected chi connectivity index (χ3v) is 2.42. The van der Waals surface area contributed by atoms with Crippen LogP contribution in [-0.4, -0.2) is 0 Å². The number of halogens is 1. The minimum atomic E-state index is -0.201. The molecule has 15 heavy (non-hydrogen) atoms. The fourth-order valence-corrected chi connectivity index (χ4v) is 1.51. The second-order valence-corrected chi connectivity index (χ2v) is 3.45. The maximum atomic E-state index is 12.7. The van der Waals surface area contributed by atoms with Gasteiger partial charge in [-0.15, -0.1) is 0 Å². The Morgan fingerprint density at radius 2 is 1.27 bits per heavy atom. The largest absolute Gasteiger partial charge is 0.207 e. The molecule has 0 aliphatic rings. The highest BCUT2D eigenvalue weighted by molar-refractivity contribution is 5.63. The minimum absolute atomic E-state index is 0.201. The molecule has 0 atom stereocenters. The quantitative estimate of drug-likeness (QED) is 0.688. The molecule has 2 aromatic carbocycles. The third kappa shape index (κ3) is 2.24. The van der Waals surface area contributed by atoms with E-state index in [9.17, 15) is 4.39 Å². The molecule has 0 fully saturated rings. The van der Waals surface area contributed by atoms with Gasteiger partial charge in [0.25, 0.3) is 0 Å². The molecule has 0 saturated heterocycles. The van der Waals surface area contributed by atoms with Crippen molar-refractivity contribution in [2.45, 2.75) is 6.42 Å². The summed E-state index contributed by atoms with van der Waals surface area (Å²) in [6.07, 6.45) is 0.795. The fourth-order valence-electron chi connectivity index (χ4n) is 1.51. The first kappa shape index (κ1) is 9.91. The topological polar surface area (TPSA) is 0 Å². The molecule has 0 N–H and O–H groups in total. The smallest absolute Gasteiger partial charge is 0.123 e. The summed E-state index contributed by atoms with van der Waals surface area (Å²) in [5.74, 6) is -0.201. The molecule has 0 aliphatic carbocycles. The van der Waals surface area contributed by atoms with E-state index in [1.54, 1.807) is 12.1 Å². The van der Waals surface area contributed by atoms with Crippen molar-refractivity contribution in [1.29, 1.82) is 0 Å². The van der Waals surface area contributed by atoms with Crippen molar-refractivity contribution < 1.29 is 4.39 Å². The average Bonchev–Trinajstić information content (AvgIpc) is 2.30. The molecule has 0 unspecified atom stereocenters. The number of rotatable bonds is 2. The van der Waals surface area contributed by atoms with Gasteiger partial charge in [-0.3, -0.25) is 0 Å². The summed E-state index contributed by atoms with van der Waals surface area (Å²) in [6.45, 7) is 3.82. The van der Waals surface area contributed by atoms with Gasteiger partial charge in [0, 0.05) is 0 Å². The van der Waals surface area contributed by atoms with E-state index in [4.69, 9.17) is 0 Å². The van der Waals surface area contributed by atoms with E-state index in [0.717, 1.165) is 17.5 Å². The molecule has 1 radical (unpaired) electrons. The molecule has 0 saturated carbocycles. The Balaban J connectivity index is 2.33. The molecule has 0 aliphatic heterocycles. The van der Waals surface area contributed by atoms with Crippen molar-refractivity contribution in [1.82, 2.24) is 0 Å². The summed E-state index contributed by atoms with van der Waals surface area (Å²) in [4.78, 5) is 0. The molecule has 0 nitrogen and oxygen atoms in total. The first-order valence-electron chi connectivity index (χ1n) is 4.94. The SMILES string of the molecule is [CH2]Cc1ccc(-c2ccc(F)cc2)cc1. The predicted octanol–water partition coefficient (Wildman–Crippen LogP) is 3.87. The predicted molar refractivity (Wildman–Crippen MR) is 60.9 cm³/mol. The van der Waals surface area contributed by atoms with E-state index < -0.39 is 0 Å². The molecule has 0 heterocycles. The molecule has 0 amide bonds. The molecule has 1 heteroatoms. The summed E-state index contributed by atoms with van der Waals surface area (Å²) in [7, 11) is 0. The van der Waals surface area contributed by atoms with Crippen LogP contribution in [0.4, 0.5) is 4.39 Å². The summed E-state index contributed by atoms with van der Waals surface area (Å²) >= 11 is 0. The number of benzene rings is 2. The zero-order valence-electron chi connectivity index (χ0n) is 8.41. The lowest BCUT2D eigenvalue weighted by Crippen LogP contribution is -1.82. The molecular formula is C14H12F. The Hall–Kier alpha value is -1.63. The Morgan fingerprint density at radius 3 is 1.73 bits per heavy atom. The number of hydrogen-bond acceptors (Lipinski definition) is 0. The Kier molecular flexibility index (Phi) is 2.82. The van der Waals surface area contributed by atoms with Crippen LogP contribution in [0.2, 0.25) is 0 Å². The van der Waals surface area contributed by atoms with Crippen LogP contribution >= 0.6 is 0 Å². The molecule has 0 spiro atoms. The lowest BCUT2D eigenvalue weighted by molar-refractivity contribution is 0.628. The second kappa shape index (κ2) is 4.26. The summed E-state index contributed by atoms with van der Waals surface area (Å²) in [5.41, 5.74) is 3.35. The Labute approximate surface area is 89.4 Å². The number of hydrogen-bond donors (Lipinski definition) is 0. The van der Waals surface area contributed by atoms with Crippen LogP contribution in [0.5, 0.6) is 0 Å². The van der Waals surface area contributed by atoms with Gasteiger partial charge in [0.2, 0.25) is 0 Å². The molecule has 0 bridgehead atoms. The van der Waals surface area contributed by atoms with Gasteiger partial charge in [0.05, 0.1) is 0 Å². The summed E-state index contributed by atoms with van der Waals surface area (Å²) in [6, 6.07) is 14.7. The van der Waals surface area contributed by atoms with Crippen LogP contribution < -0.4 is 0 Å². The van der Waals surface area contributed by atoms with Gasteiger partial charge >= 0.3 is 0 Å².